The molecule has 8 nitrogen and oxygen atoms in total. The molecule has 0 aromatic heterocycles. The molecule has 0 radical (unpaired) electrons. The Bertz CT molecular complexity index is 1090. The Hall–Kier alpha value is -2.97. The van der Waals surface area contributed by atoms with Gasteiger partial charge in [-0.1, -0.05) is 64.0 Å². The molecule has 0 aliphatic carbocycles. The minimum absolute atomic E-state index is 0.0969. The molecule has 3 aliphatic heterocycles. The third-order valence-electron chi connectivity index (χ3n) is 8.91. The molecule has 6 atom stereocenters. The lowest BCUT2D eigenvalue weighted by molar-refractivity contribution is -0.152. The quantitative estimate of drug-likeness (QED) is 0.281. The standard InChI is InChI=1S/C32H45N3O5/c1-6-9-13-20-33(18-7-2)31(39)28-32-17-16-25(40-32)26(27(32)30(38)35(28)24(21-36)22(4)5)29(37)34(19-8-3)23-14-11-10-12-15-23/h7-8,10-12,14-15,22,24-28,36H,2-3,6,9,13,16-21H2,1,4-5H3/t24-,25+,26-,27-,28?,32?/m0/s1. The Balaban J connectivity index is 1.77. The Morgan fingerprint density at radius 1 is 1.15 bits per heavy atom. The number of ether oxygens (including phenoxy) is 1. The highest BCUT2D eigenvalue weighted by Gasteiger charge is 2.75. The summed E-state index contributed by atoms with van der Waals surface area (Å²) in [7, 11) is 0. The van der Waals surface area contributed by atoms with Gasteiger partial charge in [0.1, 0.15) is 11.6 Å². The number of carbonyl (C=O) groups excluding carboxylic acids is 3. The number of anilines is 1. The van der Waals surface area contributed by atoms with E-state index < -0.39 is 35.6 Å². The highest BCUT2D eigenvalue weighted by molar-refractivity contribution is 6.03. The third-order valence-corrected chi connectivity index (χ3v) is 8.91. The van der Waals surface area contributed by atoms with Crippen LogP contribution in [-0.2, 0) is 19.1 Å². The summed E-state index contributed by atoms with van der Waals surface area (Å²) in [4.78, 5) is 48.1. The maximum Gasteiger partial charge on any atom is 0.248 e. The molecular weight excluding hydrogens is 506 g/mol. The van der Waals surface area contributed by atoms with Crippen LogP contribution in [0.4, 0.5) is 5.69 Å². The molecule has 4 rings (SSSR count). The average molecular weight is 552 g/mol. The number of aliphatic hydroxyl groups excluding tert-OH is 1. The Labute approximate surface area is 238 Å². The lowest BCUT2D eigenvalue weighted by atomic mass is 9.70. The van der Waals surface area contributed by atoms with Crippen LogP contribution < -0.4 is 4.90 Å². The van der Waals surface area contributed by atoms with Crippen LogP contribution in [0.1, 0.15) is 52.9 Å². The molecule has 2 unspecified atom stereocenters. The molecule has 1 aromatic rings. The summed E-state index contributed by atoms with van der Waals surface area (Å²) >= 11 is 0. The molecule has 0 saturated carbocycles. The number of carbonyl (C=O) groups is 3. The van der Waals surface area contributed by atoms with Gasteiger partial charge in [0.05, 0.1) is 30.6 Å². The number of para-hydroxylation sites is 1. The van der Waals surface area contributed by atoms with Gasteiger partial charge in [-0.15, -0.1) is 13.2 Å². The van der Waals surface area contributed by atoms with Crippen molar-refractivity contribution in [1.82, 2.24) is 9.80 Å². The predicted octanol–water partition coefficient (Wildman–Crippen LogP) is 3.80. The number of fused-ring (bicyclic) bond motifs is 1. The molecule has 8 heteroatoms. The van der Waals surface area contributed by atoms with Crippen molar-refractivity contribution in [3.8, 4) is 0 Å². The van der Waals surface area contributed by atoms with E-state index in [1.807, 2.05) is 44.2 Å². The lowest BCUT2D eigenvalue weighted by Crippen LogP contribution is -2.59. The number of unbranched alkanes of at least 4 members (excludes halogenated alkanes) is 2. The van der Waals surface area contributed by atoms with Gasteiger partial charge in [-0.2, -0.15) is 0 Å². The highest BCUT2D eigenvalue weighted by atomic mass is 16.5. The van der Waals surface area contributed by atoms with Gasteiger partial charge < -0.3 is 24.5 Å². The van der Waals surface area contributed by atoms with Crippen LogP contribution in [0.25, 0.3) is 0 Å². The van der Waals surface area contributed by atoms with Crippen molar-refractivity contribution in [2.24, 2.45) is 17.8 Å². The zero-order valence-electron chi connectivity index (χ0n) is 24.2. The summed E-state index contributed by atoms with van der Waals surface area (Å²) in [6.45, 7) is 14.6. The summed E-state index contributed by atoms with van der Waals surface area (Å²) in [5, 5.41) is 10.4. The fourth-order valence-corrected chi connectivity index (χ4v) is 7.04. The van der Waals surface area contributed by atoms with Gasteiger partial charge in [-0.05, 0) is 37.3 Å². The van der Waals surface area contributed by atoms with Gasteiger partial charge in [-0.3, -0.25) is 14.4 Å². The van der Waals surface area contributed by atoms with Crippen LogP contribution in [0, 0.1) is 17.8 Å². The highest BCUT2D eigenvalue weighted by Crippen LogP contribution is 2.59. The monoisotopic (exact) mass is 551 g/mol. The summed E-state index contributed by atoms with van der Waals surface area (Å²) in [5.41, 5.74) is -0.384. The molecule has 218 valence electrons. The van der Waals surface area contributed by atoms with E-state index in [2.05, 4.69) is 20.1 Å². The molecule has 3 amide bonds. The van der Waals surface area contributed by atoms with Gasteiger partial charge in [0, 0.05) is 25.3 Å². The van der Waals surface area contributed by atoms with Crippen LogP contribution in [-0.4, -0.2) is 82.7 Å². The van der Waals surface area contributed by atoms with Crippen molar-refractivity contribution < 1.29 is 24.2 Å². The zero-order valence-corrected chi connectivity index (χ0v) is 24.2. The van der Waals surface area contributed by atoms with Crippen molar-refractivity contribution in [3.05, 3.63) is 55.6 Å². The van der Waals surface area contributed by atoms with Crippen molar-refractivity contribution in [3.63, 3.8) is 0 Å². The van der Waals surface area contributed by atoms with E-state index in [0.29, 0.717) is 32.5 Å². The molecule has 2 bridgehead atoms. The first kappa shape index (κ1) is 30.0. The van der Waals surface area contributed by atoms with E-state index >= 15 is 0 Å². The van der Waals surface area contributed by atoms with Gasteiger partial charge in [0.25, 0.3) is 0 Å². The van der Waals surface area contributed by atoms with E-state index in [1.54, 1.807) is 26.9 Å². The van der Waals surface area contributed by atoms with Crippen LogP contribution in [0.3, 0.4) is 0 Å². The number of hydrogen-bond donors (Lipinski definition) is 1. The Morgan fingerprint density at radius 2 is 1.85 bits per heavy atom. The van der Waals surface area contributed by atoms with E-state index in [-0.39, 0.29) is 30.2 Å². The molecule has 3 aliphatic rings. The zero-order chi connectivity index (χ0) is 29.0. The molecule has 1 spiro atoms. The minimum Gasteiger partial charge on any atom is -0.394 e. The molecule has 1 N–H and O–H groups in total. The van der Waals surface area contributed by atoms with Gasteiger partial charge in [-0.25, -0.2) is 0 Å². The second-order valence-electron chi connectivity index (χ2n) is 11.6. The number of aliphatic hydroxyl groups is 1. The third kappa shape index (κ3) is 5.12. The number of nitrogens with zero attached hydrogens (tertiary/aromatic N) is 3. The van der Waals surface area contributed by atoms with Crippen molar-refractivity contribution >= 4 is 23.4 Å². The lowest BCUT2D eigenvalue weighted by Gasteiger charge is -2.40. The topological polar surface area (TPSA) is 90.4 Å². The van der Waals surface area contributed by atoms with E-state index in [0.717, 1.165) is 24.9 Å². The number of rotatable bonds is 14. The second kappa shape index (κ2) is 12.7. The summed E-state index contributed by atoms with van der Waals surface area (Å²) < 4.78 is 6.65. The fraction of sp³-hybridized carbons (Fsp3) is 0.594. The molecule has 40 heavy (non-hydrogen) atoms. The minimum atomic E-state index is -1.11. The van der Waals surface area contributed by atoms with Gasteiger partial charge in [0.2, 0.25) is 17.7 Å². The normalized spacial score (nSPS) is 27.5. The van der Waals surface area contributed by atoms with Crippen molar-refractivity contribution in [1.29, 1.82) is 0 Å². The number of likely N-dealkylation sites (tertiary alicyclic amines) is 1. The van der Waals surface area contributed by atoms with Gasteiger partial charge in [0.15, 0.2) is 0 Å². The number of amides is 3. The maximum atomic E-state index is 14.4. The van der Waals surface area contributed by atoms with Crippen molar-refractivity contribution in [2.75, 3.05) is 31.1 Å². The Morgan fingerprint density at radius 3 is 2.45 bits per heavy atom. The molecule has 3 fully saturated rings. The van der Waals surface area contributed by atoms with E-state index in [1.165, 1.54) is 0 Å². The van der Waals surface area contributed by atoms with Crippen molar-refractivity contribution in [2.45, 2.75) is 76.7 Å². The van der Waals surface area contributed by atoms with Crippen LogP contribution in [0.15, 0.2) is 55.6 Å². The maximum absolute atomic E-state index is 14.4. The van der Waals surface area contributed by atoms with Gasteiger partial charge >= 0.3 is 0 Å². The second-order valence-corrected chi connectivity index (χ2v) is 11.6. The smallest absolute Gasteiger partial charge is 0.248 e. The van der Waals surface area contributed by atoms with E-state index in [4.69, 9.17) is 4.74 Å². The number of benzene rings is 1. The molecule has 3 heterocycles. The first-order valence-electron chi connectivity index (χ1n) is 14.7. The summed E-state index contributed by atoms with van der Waals surface area (Å²) in [6, 6.07) is 7.89. The van der Waals surface area contributed by atoms with Crippen LogP contribution in [0.5, 0.6) is 0 Å². The molecular formula is C32H45N3O5. The predicted molar refractivity (Wildman–Crippen MR) is 155 cm³/mol. The number of hydrogen-bond acceptors (Lipinski definition) is 5. The van der Waals surface area contributed by atoms with Crippen LogP contribution in [0.2, 0.25) is 0 Å². The first-order valence-corrected chi connectivity index (χ1v) is 14.7. The summed E-state index contributed by atoms with van der Waals surface area (Å²) in [5.74, 6) is -2.27. The molecule has 3 saturated heterocycles. The fourth-order valence-electron chi connectivity index (χ4n) is 7.04. The Kier molecular flexibility index (Phi) is 9.52. The first-order chi connectivity index (χ1) is 19.3. The SMILES string of the molecule is C=CCN(CCCCC)C(=O)C1N([C@@H](CO)C(C)C)C(=O)[C@@H]2[C@@H](C(=O)N(CC=C)c3ccccc3)[C@H]3CCC12O3. The largest absolute Gasteiger partial charge is 0.394 e. The summed E-state index contributed by atoms with van der Waals surface area (Å²) in [6.07, 6.45) is 6.90. The average Bonchev–Trinajstić information content (AvgIpc) is 3.59. The molecule has 1 aromatic carbocycles. The van der Waals surface area contributed by atoms with Crippen LogP contribution >= 0.6 is 0 Å². The van der Waals surface area contributed by atoms with E-state index in [9.17, 15) is 19.5 Å².